The predicted molar refractivity (Wildman–Crippen MR) is 73.5 cm³/mol. The molecular formula is C15H19FN2O2. The summed E-state index contributed by atoms with van der Waals surface area (Å²) in [6, 6.07) is 6.03. The lowest BCUT2D eigenvalue weighted by molar-refractivity contribution is -0.149. The number of rotatable bonds is 3. The van der Waals surface area contributed by atoms with Gasteiger partial charge in [0.2, 0.25) is 11.8 Å². The minimum absolute atomic E-state index is 0.0458. The molecule has 1 atom stereocenters. The summed E-state index contributed by atoms with van der Waals surface area (Å²) in [5.41, 5.74) is 0.536. The molecule has 0 radical (unpaired) electrons. The molecule has 2 rings (SSSR count). The van der Waals surface area contributed by atoms with E-state index in [1.54, 1.807) is 42.0 Å². The van der Waals surface area contributed by atoms with Gasteiger partial charge in [0.25, 0.3) is 0 Å². The second kappa shape index (κ2) is 6.03. The summed E-state index contributed by atoms with van der Waals surface area (Å²) in [6.45, 7) is 2.83. The molecule has 1 aliphatic heterocycles. The van der Waals surface area contributed by atoms with Gasteiger partial charge in [0, 0.05) is 26.6 Å². The van der Waals surface area contributed by atoms with Crippen molar-refractivity contribution < 1.29 is 14.0 Å². The van der Waals surface area contributed by atoms with E-state index >= 15 is 0 Å². The van der Waals surface area contributed by atoms with Crippen LogP contribution < -0.4 is 0 Å². The van der Waals surface area contributed by atoms with Gasteiger partial charge in [-0.2, -0.15) is 0 Å². The zero-order valence-electron chi connectivity index (χ0n) is 11.8. The summed E-state index contributed by atoms with van der Waals surface area (Å²) < 4.78 is 13.5. The molecule has 20 heavy (non-hydrogen) atoms. The minimum atomic E-state index is -0.429. The fraction of sp³-hybridized carbons (Fsp3) is 0.467. The van der Waals surface area contributed by atoms with Crippen molar-refractivity contribution in [1.82, 2.24) is 9.80 Å². The number of likely N-dealkylation sites (N-methyl/N-ethyl adjacent to an activating group) is 1. The highest BCUT2D eigenvalue weighted by Crippen LogP contribution is 2.14. The molecular weight excluding hydrogens is 259 g/mol. The summed E-state index contributed by atoms with van der Waals surface area (Å²) in [7, 11) is 1.74. The normalized spacial score (nSPS) is 19.4. The van der Waals surface area contributed by atoms with Gasteiger partial charge in [0.05, 0.1) is 0 Å². The topological polar surface area (TPSA) is 40.6 Å². The zero-order valence-corrected chi connectivity index (χ0v) is 11.8. The van der Waals surface area contributed by atoms with Gasteiger partial charge in [0.1, 0.15) is 11.9 Å². The number of piperazine rings is 1. The molecule has 4 nitrogen and oxygen atoms in total. The predicted octanol–water partition coefficient (Wildman–Crippen LogP) is 1.45. The van der Waals surface area contributed by atoms with Crippen molar-refractivity contribution in [1.29, 1.82) is 0 Å². The van der Waals surface area contributed by atoms with Crippen molar-refractivity contribution in [3.63, 3.8) is 0 Å². The molecule has 5 heteroatoms. The number of amides is 2. The Morgan fingerprint density at radius 2 is 2.05 bits per heavy atom. The molecule has 1 unspecified atom stereocenters. The van der Waals surface area contributed by atoms with Crippen molar-refractivity contribution >= 4 is 11.8 Å². The maximum Gasteiger partial charge on any atom is 0.244 e. The van der Waals surface area contributed by atoms with Gasteiger partial charge in [-0.3, -0.25) is 9.59 Å². The number of nitrogens with zero attached hydrogens (tertiary/aromatic N) is 2. The van der Waals surface area contributed by atoms with Crippen LogP contribution in [0.1, 0.15) is 18.9 Å². The van der Waals surface area contributed by atoms with E-state index in [0.717, 1.165) is 0 Å². The van der Waals surface area contributed by atoms with E-state index in [-0.39, 0.29) is 24.1 Å². The van der Waals surface area contributed by atoms with Crippen molar-refractivity contribution in [2.75, 3.05) is 20.1 Å². The second-order valence-electron chi connectivity index (χ2n) is 5.11. The van der Waals surface area contributed by atoms with Crippen molar-refractivity contribution in [2.24, 2.45) is 0 Å². The first-order valence-corrected chi connectivity index (χ1v) is 6.78. The first kappa shape index (κ1) is 14.5. The summed E-state index contributed by atoms with van der Waals surface area (Å²) in [5, 5.41) is 0. The van der Waals surface area contributed by atoms with Gasteiger partial charge in [0.15, 0.2) is 0 Å². The summed E-state index contributed by atoms with van der Waals surface area (Å²) in [4.78, 5) is 27.2. The number of halogens is 1. The van der Waals surface area contributed by atoms with Gasteiger partial charge in [-0.25, -0.2) is 4.39 Å². The van der Waals surface area contributed by atoms with E-state index < -0.39 is 6.04 Å². The number of hydrogen-bond acceptors (Lipinski definition) is 2. The number of carbonyl (C=O) groups is 2. The third-order valence-electron chi connectivity index (χ3n) is 3.76. The van der Waals surface area contributed by atoms with Gasteiger partial charge < -0.3 is 9.80 Å². The Bertz CT molecular complexity index is 518. The van der Waals surface area contributed by atoms with Crippen LogP contribution >= 0.6 is 0 Å². The standard InChI is InChI=1S/C15H19FN2O2/c1-11-15(20)17(2)9-10-18(11)14(19)8-7-12-5-3-4-6-13(12)16/h3-6,11H,7-10H2,1-2H3. The Labute approximate surface area is 118 Å². The highest BCUT2D eigenvalue weighted by molar-refractivity contribution is 5.88. The lowest BCUT2D eigenvalue weighted by atomic mass is 10.1. The fourth-order valence-electron chi connectivity index (χ4n) is 2.44. The lowest BCUT2D eigenvalue weighted by Crippen LogP contribution is -2.56. The molecule has 1 saturated heterocycles. The average molecular weight is 278 g/mol. The Balaban J connectivity index is 1.95. The van der Waals surface area contributed by atoms with Gasteiger partial charge in [-0.1, -0.05) is 18.2 Å². The van der Waals surface area contributed by atoms with Crippen LogP contribution in [0.3, 0.4) is 0 Å². The highest BCUT2D eigenvalue weighted by atomic mass is 19.1. The second-order valence-corrected chi connectivity index (χ2v) is 5.11. The van der Waals surface area contributed by atoms with Crippen LogP contribution in [0.25, 0.3) is 0 Å². The lowest BCUT2D eigenvalue weighted by Gasteiger charge is -2.37. The maximum atomic E-state index is 13.5. The van der Waals surface area contributed by atoms with Gasteiger partial charge in [-0.15, -0.1) is 0 Å². The van der Waals surface area contributed by atoms with Crippen LogP contribution in [0.2, 0.25) is 0 Å². The van der Waals surface area contributed by atoms with E-state index in [1.807, 2.05) is 0 Å². The molecule has 1 aromatic carbocycles. The molecule has 0 bridgehead atoms. The quantitative estimate of drug-likeness (QED) is 0.839. The monoisotopic (exact) mass is 278 g/mol. The zero-order chi connectivity index (χ0) is 14.7. The number of hydrogen-bond donors (Lipinski definition) is 0. The van der Waals surface area contributed by atoms with Crippen molar-refractivity contribution in [3.8, 4) is 0 Å². The Morgan fingerprint density at radius 3 is 2.75 bits per heavy atom. The van der Waals surface area contributed by atoms with E-state index in [1.165, 1.54) is 6.07 Å². The van der Waals surface area contributed by atoms with E-state index in [9.17, 15) is 14.0 Å². The third-order valence-corrected chi connectivity index (χ3v) is 3.76. The molecule has 1 heterocycles. The first-order valence-electron chi connectivity index (χ1n) is 6.78. The molecule has 1 fully saturated rings. The molecule has 0 spiro atoms. The van der Waals surface area contributed by atoms with Crippen LogP contribution in [0.4, 0.5) is 4.39 Å². The smallest absolute Gasteiger partial charge is 0.244 e. The summed E-state index contributed by atoms with van der Waals surface area (Å²) >= 11 is 0. The molecule has 0 N–H and O–H groups in total. The number of aryl methyl sites for hydroxylation is 1. The van der Waals surface area contributed by atoms with E-state index in [4.69, 9.17) is 0 Å². The van der Waals surface area contributed by atoms with Crippen LogP contribution in [0.15, 0.2) is 24.3 Å². The number of benzene rings is 1. The van der Waals surface area contributed by atoms with Crippen LogP contribution in [-0.2, 0) is 16.0 Å². The van der Waals surface area contributed by atoms with Crippen LogP contribution in [0.5, 0.6) is 0 Å². The minimum Gasteiger partial charge on any atom is -0.342 e. The van der Waals surface area contributed by atoms with E-state index in [0.29, 0.717) is 25.1 Å². The average Bonchev–Trinajstić information content (AvgIpc) is 2.44. The van der Waals surface area contributed by atoms with E-state index in [2.05, 4.69) is 0 Å². The largest absolute Gasteiger partial charge is 0.342 e. The van der Waals surface area contributed by atoms with Crippen LogP contribution in [0, 0.1) is 5.82 Å². The van der Waals surface area contributed by atoms with Gasteiger partial charge >= 0.3 is 0 Å². The Kier molecular flexibility index (Phi) is 4.37. The molecule has 1 aromatic rings. The molecule has 1 aliphatic rings. The fourth-order valence-corrected chi connectivity index (χ4v) is 2.44. The molecule has 108 valence electrons. The van der Waals surface area contributed by atoms with Crippen molar-refractivity contribution in [3.05, 3.63) is 35.6 Å². The van der Waals surface area contributed by atoms with Crippen LogP contribution in [-0.4, -0.2) is 47.8 Å². The Morgan fingerprint density at radius 1 is 1.35 bits per heavy atom. The third kappa shape index (κ3) is 2.98. The Hall–Kier alpha value is -1.91. The molecule has 0 aliphatic carbocycles. The first-order chi connectivity index (χ1) is 9.50. The highest BCUT2D eigenvalue weighted by Gasteiger charge is 2.32. The molecule has 0 aromatic heterocycles. The summed E-state index contributed by atoms with van der Waals surface area (Å²) in [6.07, 6.45) is 0.584. The SMILES string of the molecule is CC1C(=O)N(C)CCN1C(=O)CCc1ccccc1F. The number of carbonyl (C=O) groups excluding carboxylic acids is 2. The van der Waals surface area contributed by atoms with Gasteiger partial charge in [-0.05, 0) is 25.0 Å². The summed E-state index contributed by atoms with van der Waals surface area (Å²) in [5.74, 6) is -0.430. The molecule has 0 saturated carbocycles. The van der Waals surface area contributed by atoms with Crippen molar-refractivity contribution in [2.45, 2.75) is 25.8 Å². The maximum absolute atomic E-state index is 13.5. The molecule has 2 amide bonds.